The van der Waals surface area contributed by atoms with Gasteiger partial charge in [-0.2, -0.15) is 4.98 Å². The van der Waals surface area contributed by atoms with Gasteiger partial charge in [0.15, 0.2) is 6.29 Å². The van der Waals surface area contributed by atoms with Gasteiger partial charge in [-0.05, 0) is 58.7 Å². The number of nitrogens with zero attached hydrogens (tertiary/aromatic N) is 4. The fourth-order valence-corrected chi connectivity index (χ4v) is 3.86. The molecule has 8 nitrogen and oxygen atoms in total. The summed E-state index contributed by atoms with van der Waals surface area (Å²) in [6.07, 6.45) is -0.558. The van der Waals surface area contributed by atoms with Crippen molar-refractivity contribution in [3.05, 3.63) is 23.2 Å². The lowest BCUT2D eigenvalue weighted by atomic mass is 10.0. The van der Waals surface area contributed by atoms with E-state index in [1.54, 1.807) is 31.5 Å². The van der Waals surface area contributed by atoms with Crippen molar-refractivity contribution in [2.24, 2.45) is 0 Å². The van der Waals surface area contributed by atoms with Gasteiger partial charge < -0.3 is 23.7 Å². The van der Waals surface area contributed by atoms with Gasteiger partial charge in [0.2, 0.25) is 5.28 Å². The highest BCUT2D eigenvalue weighted by Gasteiger charge is 2.37. The van der Waals surface area contributed by atoms with Crippen LogP contribution in [0.25, 0.3) is 11.0 Å². The lowest BCUT2D eigenvalue weighted by molar-refractivity contribution is -0.145. The van der Waals surface area contributed by atoms with Crippen molar-refractivity contribution in [2.45, 2.75) is 65.1 Å². The van der Waals surface area contributed by atoms with Crippen LogP contribution in [0.3, 0.4) is 0 Å². The number of likely N-dealkylation sites (tertiary alicyclic amines) is 1. The number of amides is 1. The minimum atomic E-state index is -1.34. The van der Waals surface area contributed by atoms with Gasteiger partial charge in [0, 0.05) is 31.3 Å². The SMILES string of the molecule is CCOC(OCC)c1cc2cnc(Cl)nc2n1[C@@H]1CCN(C(=O)OC(C)(C)C)C[C@@H]1F. The molecule has 3 rings (SSSR count). The van der Waals surface area contributed by atoms with E-state index in [-0.39, 0.29) is 11.8 Å². The van der Waals surface area contributed by atoms with Gasteiger partial charge in [0.05, 0.1) is 18.3 Å². The molecule has 0 bridgehead atoms. The summed E-state index contributed by atoms with van der Waals surface area (Å²) in [6, 6.07) is 1.27. The van der Waals surface area contributed by atoms with Gasteiger partial charge in [-0.1, -0.05) is 0 Å². The molecule has 1 saturated heterocycles. The first-order valence-corrected chi connectivity index (χ1v) is 10.9. The van der Waals surface area contributed by atoms with Crippen LogP contribution in [0.4, 0.5) is 9.18 Å². The van der Waals surface area contributed by atoms with E-state index in [4.69, 9.17) is 25.8 Å². The second-order valence-corrected chi connectivity index (χ2v) is 8.74. The molecule has 1 fully saturated rings. The summed E-state index contributed by atoms with van der Waals surface area (Å²) >= 11 is 6.04. The summed E-state index contributed by atoms with van der Waals surface area (Å²) < 4.78 is 34.2. The quantitative estimate of drug-likeness (QED) is 0.464. The van der Waals surface area contributed by atoms with Crippen LogP contribution in [0, 0.1) is 0 Å². The molecular formula is C21H30ClFN4O4. The van der Waals surface area contributed by atoms with Crippen LogP contribution in [0.5, 0.6) is 0 Å². The van der Waals surface area contributed by atoms with Gasteiger partial charge in [0.25, 0.3) is 0 Å². The highest BCUT2D eigenvalue weighted by atomic mass is 35.5. The van der Waals surface area contributed by atoms with Crippen LogP contribution < -0.4 is 0 Å². The van der Waals surface area contributed by atoms with E-state index >= 15 is 4.39 Å². The largest absolute Gasteiger partial charge is 0.444 e. The lowest BCUT2D eigenvalue weighted by Crippen LogP contribution is -2.47. The predicted octanol–water partition coefficient (Wildman–Crippen LogP) is 4.68. The Bertz CT molecular complexity index is 911. The molecule has 1 aliphatic rings. The van der Waals surface area contributed by atoms with E-state index < -0.39 is 30.2 Å². The third kappa shape index (κ3) is 5.45. The molecule has 2 atom stereocenters. The molecule has 1 aliphatic heterocycles. The van der Waals surface area contributed by atoms with Crippen molar-refractivity contribution in [1.82, 2.24) is 19.4 Å². The Balaban J connectivity index is 1.95. The van der Waals surface area contributed by atoms with Crippen molar-refractivity contribution >= 4 is 28.7 Å². The van der Waals surface area contributed by atoms with Gasteiger partial charge in [0.1, 0.15) is 17.4 Å². The van der Waals surface area contributed by atoms with E-state index in [1.165, 1.54) is 4.90 Å². The molecule has 2 aromatic heterocycles. The van der Waals surface area contributed by atoms with E-state index in [0.717, 1.165) is 0 Å². The summed E-state index contributed by atoms with van der Waals surface area (Å²) in [5.74, 6) is 0. The Hall–Kier alpha value is -1.97. The molecule has 0 radical (unpaired) electrons. The van der Waals surface area contributed by atoms with E-state index in [0.29, 0.717) is 42.9 Å². The van der Waals surface area contributed by atoms with Gasteiger partial charge in [-0.15, -0.1) is 0 Å². The maximum Gasteiger partial charge on any atom is 0.410 e. The number of aromatic nitrogens is 3. The number of alkyl halides is 1. The van der Waals surface area contributed by atoms with Crippen LogP contribution in [-0.4, -0.2) is 63.6 Å². The van der Waals surface area contributed by atoms with Crippen molar-refractivity contribution in [3.8, 4) is 0 Å². The number of hydrogen-bond acceptors (Lipinski definition) is 6. The van der Waals surface area contributed by atoms with E-state index in [1.807, 2.05) is 19.9 Å². The maximum atomic E-state index is 15.5. The maximum absolute atomic E-state index is 15.5. The first-order valence-electron chi connectivity index (χ1n) is 10.5. The average molecular weight is 457 g/mol. The number of halogens is 2. The van der Waals surface area contributed by atoms with Crippen LogP contribution >= 0.6 is 11.6 Å². The number of fused-ring (bicyclic) bond motifs is 1. The minimum Gasteiger partial charge on any atom is -0.444 e. The first-order chi connectivity index (χ1) is 14.6. The highest BCUT2D eigenvalue weighted by molar-refractivity contribution is 6.28. The molecule has 1 amide bonds. The molecule has 0 unspecified atom stereocenters. The summed E-state index contributed by atoms with van der Waals surface area (Å²) in [5.41, 5.74) is 0.519. The zero-order valence-corrected chi connectivity index (χ0v) is 19.4. The number of carbonyl (C=O) groups is 1. The van der Waals surface area contributed by atoms with Gasteiger partial charge in [-0.25, -0.2) is 14.2 Å². The summed E-state index contributed by atoms with van der Waals surface area (Å²) in [5, 5.41) is 0.787. The second kappa shape index (κ2) is 9.67. The predicted molar refractivity (Wildman–Crippen MR) is 115 cm³/mol. The third-order valence-electron chi connectivity index (χ3n) is 4.94. The number of hydrogen-bond donors (Lipinski definition) is 0. The molecule has 0 aliphatic carbocycles. The van der Waals surface area contributed by atoms with Crippen molar-refractivity contribution in [2.75, 3.05) is 26.3 Å². The van der Waals surface area contributed by atoms with Crippen LogP contribution in [0.1, 0.15) is 59.1 Å². The van der Waals surface area contributed by atoms with Gasteiger partial charge >= 0.3 is 6.09 Å². The van der Waals surface area contributed by atoms with Crippen molar-refractivity contribution < 1.29 is 23.4 Å². The van der Waals surface area contributed by atoms with E-state index in [9.17, 15) is 4.79 Å². The second-order valence-electron chi connectivity index (χ2n) is 8.40. The number of piperidine rings is 1. The standard InChI is InChI=1S/C21H30ClFN4O4/c1-6-29-18(30-7-2)16-10-13-11-24-19(22)25-17(13)27(16)15-8-9-26(12-14(15)23)20(28)31-21(3,4)5/h10-11,14-15,18H,6-9,12H2,1-5H3/t14-,15+/m0/s1. The Morgan fingerprint density at radius 1 is 1.32 bits per heavy atom. The highest BCUT2D eigenvalue weighted by Crippen LogP contribution is 2.35. The van der Waals surface area contributed by atoms with Crippen molar-refractivity contribution in [3.63, 3.8) is 0 Å². The number of ether oxygens (including phenoxy) is 3. The molecule has 0 saturated carbocycles. The average Bonchev–Trinajstić information content (AvgIpc) is 3.04. The third-order valence-corrected chi connectivity index (χ3v) is 5.13. The molecule has 172 valence electrons. The Morgan fingerprint density at radius 2 is 2.00 bits per heavy atom. The number of carbonyl (C=O) groups excluding carboxylic acids is 1. The summed E-state index contributed by atoms with van der Waals surface area (Å²) in [6.45, 7) is 10.2. The van der Waals surface area contributed by atoms with Crippen LogP contribution in [-0.2, 0) is 14.2 Å². The summed E-state index contributed by atoms with van der Waals surface area (Å²) in [7, 11) is 0. The minimum absolute atomic E-state index is 0.0735. The molecule has 2 aromatic rings. The first kappa shape index (κ1) is 23.7. The van der Waals surface area contributed by atoms with Gasteiger partial charge in [-0.3, -0.25) is 0 Å². The molecule has 0 N–H and O–H groups in total. The zero-order valence-electron chi connectivity index (χ0n) is 18.6. The fourth-order valence-electron chi connectivity index (χ4n) is 3.73. The Morgan fingerprint density at radius 3 is 2.58 bits per heavy atom. The Labute approximate surface area is 186 Å². The number of rotatable bonds is 6. The molecule has 31 heavy (non-hydrogen) atoms. The van der Waals surface area contributed by atoms with Crippen LogP contribution in [0.2, 0.25) is 5.28 Å². The summed E-state index contributed by atoms with van der Waals surface area (Å²) in [4.78, 5) is 22.2. The van der Waals surface area contributed by atoms with E-state index in [2.05, 4.69) is 9.97 Å². The lowest BCUT2D eigenvalue weighted by Gasteiger charge is -2.37. The Kier molecular flexibility index (Phi) is 7.39. The molecule has 3 heterocycles. The van der Waals surface area contributed by atoms with Crippen molar-refractivity contribution in [1.29, 1.82) is 0 Å². The molecule has 0 spiro atoms. The molecule has 0 aromatic carbocycles. The van der Waals surface area contributed by atoms with Crippen LogP contribution in [0.15, 0.2) is 12.3 Å². The monoisotopic (exact) mass is 456 g/mol. The fraction of sp³-hybridized carbons (Fsp3) is 0.667. The zero-order chi connectivity index (χ0) is 22.8. The molecule has 10 heteroatoms. The smallest absolute Gasteiger partial charge is 0.410 e. The molecular weight excluding hydrogens is 427 g/mol. The topological polar surface area (TPSA) is 78.7 Å². The normalized spacial score (nSPS) is 19.9.